The maximum absolute atomic E-state index is 11.7. The number of carbonyl (C=O) groups is 2. The number of hydrogen-bond acceptors (Lipinski definition) is 3. The molecule has 0 aliphatic carbocycles. The summed E-state index contributed by atoms with van der Waals surface area (Å²) in [7, 11) is 0. The van der Waals surface area contributed by atoms with Gasteiger partial charge in [0.05, 0.1) is 0 Å². The van der Waals surface area contributed by atoms with Gasteiger partial charge in [-0.25, -0.2) is 0 Å². The highest BCUT2D eigenvalue weighted by atomic mass is 16.1. The van der Waals surface area contributed by atoms with Crippen LogP contribution in [0.2, 0.25) is 0 Å². The summed E-state index contributed by atoms with van der Waals surface area (Å²) < 4.78 is 0. The van der Waals surface area contributed by atoms with Crippen molar-refractivity contribution in [2.45, 2.75) is 40.0 Å². The minimum absolute atomic E-state index is 0.0381. The Morgan fingerprint density at radius 2 is 1.80 bits per heavy atom. The number of ketones is 2. The van der Waals surface area contributed by atoms with E-state index in [-0.39, 0.29) is 22.9 Å². The molecule has 0 bridgehead atoms. The van der Waals surface area contributed by atoms with E-state index in [1.54, 1.807) is 6.92 Å². The maximum atomic E-state index is 11.7. The summed E-state index contributed by atoms with van der Waals surface area (Å²) in [6.07, 6.45) is 2.04. The van der Waals surface area contributed by atoms with Crippen LogP contribution in [0.4, 0.5) is 0 Å². The highest BCUT2D eigenvalue weighted by molar-refractivity contribution is 5.90. The van der Waals surface area contributed by atoms with Gasteiger partial charge in [0.25, 0.3) is 0 Å². The van der Waals surface area contributed by atoms with Crippen molar-refractivity contribution in [2.24, 2.45) is 11.3 Å². The molecule has 0 radical (unpaired) electrons. The lowest BCUT2D eigenvalue weighted by atomic mass is 9.71. The van der Waals surface area contributed by atoms with Gasteiger partial charge in [0.1, 0.15) is 11.6 Å². The molecule has 3 nitrogen and oxygen atoms in total. The maximum Gasteiger partial charge on any atom is 0.136 e. The van der Waals surface area contributed by atoms with E-state index in [0.29, 0.717) is 6.42 Å². The summed E-state index contributed by atoms with van der Waals surface area (Å²) in [5.41, 5.74) is -0.368. The third kappa shape index (κ3) is 2.88. The lowest BCUT2D eigenvalue weighted by molar-refractivity contribution is -0.135. The Bertz CT molecular complexity index is 252. The van der Waals surface area contributed by atoms with Crippen LogP contribution in [0.3, 0.4) is 0 Å². The van der Waals surface area contributed by atoms with E-state index in [0.717, 1.165) is 25.9 Å². The molecular formula is C12H21NO2. The second-order valence-corrected chi connectivity index (χ2v) is 4.88. The molecule has 15 heavy (non-hydrogen) atoms. The average molecular weight is 211 g/mol. The highest BCUT2D eigenvalue weighted by Gasteiger charge is 2.38. The van der Waals surface area contributed by atoms with E-state index in [1.165, 1.54) is 0 Å². The van der Waals surface area contributed by atoms with Gasteiger partial charge in [-0.15, -0.1) is 0 Å². The molecule has 1 aliphatic heterocycles. The Morgan fingerprint density at radius 1 is 1.27 bits per heavy atom. The molecule has 0 saturated carbocycles. The number of piperidine rings is 1. The van der Waals surface area contributed by atoms with Crippen LogP contribution in [-0.4, -0.2) is 24.7 Å². The Kier molecular flexibility index (Phi) is 4.03. The zero-order valence-corrected chi connectivity index (χ0v) is 9.93. The first-order valence-corrected chi connectivity index (χ1v) is 5.72. The average Bonchev–Trinajstić information content (AvgIpc) is 2.18. The summed E-state index contributed by atoms with van der Waals surface area (Å²) >= 11 is 0. The Hall–Kier alpha value is -0.700. The second-order valence-electron chi connectivity index (χ2n) is 4.88. The number of nitrogens with one attached hydrogen (secondary N) is 1. The fourth-order valence-electron chi connectivity index (χ4n) is 2.10. The quantitative estimate of drug-likeness (QED) is 0.767. The smallest absolute Gasteiger partial charge is 0.136 e. The van der Waals surface area contributed by atoms with Crippen molar-refractivity contribution in [1.29, 1.82) is 0 Å². The molecule has 1 rings (SSSR count). The Balaban J connectivity index is 2.73. The minimum atomic E-state index is -0.368. The molecule has 1 N–H and O–H groups in total. The second kappa shape index (κ2) is 4.88. The first kappa shape index (κ1) is 12.4. The summed E-state index contributed by atoms with van der Waals surface area (Å²) in [5.74, 6) is 0.432. The number of rotatable bonds is 4. The van der Waals surface area contributed by atoms with E-state index in [2.05, 4.69) is 5.32 Å². The van der Waals surface area contributed by atoms with Gasteiger partial charge in [-0.05, 0) is 32.9 Å². The fourth-order valence-corrected chi connectivity index (χ4v) is 2.10. The van der Waals surface area contributed by atoms with Crippen molar-refractivity contribution in [3.63, 3.8) is 0 Å². The summed E-state index contributed by atoms with van der Waals surface area (Å²) in [6, 6.07) is 0. The van der Waals surface area contributed by atoms with Crippen LogP contribution < -0.4 is 5.32 Å². The standard InChI is InChI=1S/C12H21NO2/c1-9(2)11(15)8-12(10(3)14)4-6-13-7-5-12/h9,13H,4-8H2,1-3H3. The number of Topliss-reactive ketones (excluding diaryl/α,β-unsaturated/α-hetero) is 2. The molecule has 1 heterocycles. The van der Waals surface area contributed by atoms with Gasteiger partial charge in [-0.3, -0.25) is 9.59 Å². The molecule has 1 aliphatic rings. The first-order chi connectivity index (χ1) is 6.98. The minimum Gasteiger partial charge on any atom is -0.317 e. The largest absolute Gasteiger partial charge is 0.317 e. The predicted molar refractivity (Wildman–Crippen MR) is 59.7 cm³/mol. The van der Waals surface area contributed by atoms with Crippen LogP contribution in [0.1, 0.15) is 40.0 Å². The van der Waals surface area contributed by atoms with Crippen LogP contribution in [0.5, 0.6) is 0 Å². The molecule has 3 heteroatoms. The molecule has 0 aromatic carbocycles. The topological polar surface area (TPSA) is 46.2 Å². The number of carbonyl (C=O) groups excluding carboxylic acids is 2. The summed E-state index contributed by atoms with van der Waals surface area (Å²) in [5, 5.41) is 3.23. The lowest BCUT2D eigenvalue weighted by Gasteiger charge is -2.35. The molecule has 0 atom stereocenters. The SMILES string of the molecule is CC(=O)C1(CC(=O)C(C)C)CCNCC1. The fraction of sp³-hybridized carbons (Fsp3) is 0.833. The zero-order chi connectivity index (χ0) is 11.5. The molecule has 1 fully saturated rings. The van der Waals surface area contributed by atoms with E-state index in [4.69, 9.17) is 0 Å². The molecule has 0 spiro atoms. The van der Waals surface area contributed by atoms with Crippen molar-refractivity contribution < 1.29 is 9.59 Å². The predicted octanol–water partition coefficient (Wildman–Crippen LogP) is 1.56. The van der Waals surface area contributed by atoms with Gasteiger partial charge in [-0.2, -0.15) is 0 Å². The molecule has 0 amide bonds. The molecule has 1 saturated heterocycles. The van der Waals surface area contributed by atoms with Crippen LogP contribution >= 0.6 is 0 Å². The van der Waals surface area contributed by atoms with Crippen LogP contribution in [0.25, 0.3) is 0 Å². The molecule has 0 aromatic heterocycles. The van der Waals surface area contributed by atoms with Crippen LogP contribution in [0.15, 0.2) is 0 Å². The Labute approximate surface area is 91.6 Å². The summed E-state index contributed by atoms with van der Waals surface area (Å²) in [6.45, 7) is 7.13. The Morgan fingerprint density at radius 3 is 2.20 bits per heavy atom. The molecular weight excluding hydrogens is 190 g/mol. The normalized spacial score (nSPS) is 20.3. The van der Waals surface area contributed by atoms with Gasteiger partial charge in [0, 0.05) is 17.8 Å². The van der Waals surface area contributed by atoms with Crippen molar-refractivity contribution in [1.82, 2.24) is 5.32 Å². The molecule has 86 valence electrons. The third-order valence-electron chi connectivity index (χ3n) is 3.46. The van der Waals surface area contributed by atoms with Crippen molar-refractivity contribution >= 4 is 11.6 Å². The van der Waals surface area contributed by atoms with E-state index in [9.17, 15) is 9.59 Å². The lowest BCUT2D eigenvalue weighted by Crippen LogP contribution is -2.43. The van der Waals surface area contributed by atoms with Gasteiger partial charge in [-0.1, -0.05) is 13.8 Å². The van der Waals surface area contributed by atoms with Crippen LogP contribution in [-0.2, 0) is 9.59 Å². The highest BCUT2D eigenvalue weighted by Crippen LogP contribution is 2.34. The van der Waals surface area contributed by atoms with Crippen molar-refractivity contribution in [3.05, 3.63) is 0 Å². The van der Waals surface area contributed by atoms with E-state index >= 15 is 0 Å². The van der Waals surface area contributed by atoms with Gasteiger partial charge in [0.2, 0.25) is 0 Å². The number of hydrogen-bond donors (Lipinski definition) is 1. The van der Waals surface area contributed by atoms with Gasteiger partial charge >= 0.3 is 0 Å². The monoisotopic (exact) mass is 211 g/mol. The molecule has 0 aromatic rings. The van der Waals surface area contributed by atoms with Crippen molar-refractivity contribution in [3.8, 4) is 0 Å². The van der Waals surface area contributed by atoms with Gasteiger partial charge < -0.3 is 5.32 Å². The van der Waals surface area contributed by atoms with Crippen molar-refractivity contribution in [2.75, 3.05) is 13.1 Å². The summed E-state index contributed by atoms with van der Waals surface area (Å²) in [4.78, 5) is 23.4. The van der Waals surface area contributed by atoms with Crippen LogP contribution in [0, 0.1) is 11.3 Å². The third-order valence-corrected chi connectivity index (χ3v) is 3.46. The first-order valence-electron chi connectivity index (χ1n) is 5.72. The van der Waals surface area contributed by atoms with E-state index < -0.39 is 0 Å². The molecule has 0 unspecified atom stereocenters. The zero-order valence-electron chi connectivity index (χ0n) is 9.93. The van der Waals surface area contributed by atoms with E-state index in [1.807, 2.05) is 13.8 Å². The van der Waals surface area contributed by atoms with Gasteiger partial charge in [0.15, 0.2) is 0 Å².